The van der Waals surface area contributed by atoms with Crippen LogP contribution in [0.2, 0.25) is 0 Å². The Bertz CT molecular complexity index is 465. The summed E-state index contributed by atoms with van der Waals surface area (Å²) in [5.74, 6) is 2.03. The van der Waals surface area contributed by atoms with Gasteiger partial charge in [-0.15, -0.1) is 24.0 Å². The molecule has 0 radical (unpaired) electrons. The molecule has 138 valence electrons. The first kappa shape index (κ1) is 23.3. The van der Waals surface area contributed by atoms with Gasteiger partial charge in [0.1, 0.15) is 0 Å². The molecule has 1 aliphatic heterocycles. The number of sulfonamides is 1. The topological polar surface area (TPSA) is 73.8 Å². The molecule has 9 heteroatoms. The summed E-state index contributed by atoms with van der Waals surface area (Å²) >= 11 is 2.02. The van der Waals surface area contributed by atoms with Crippen LogP contribution in [0.1, 0.15) is 33.1 Å². The lowest BCUT2D eigenvalue weighted by Gasteiger charge is -2.24. The lowest BCUT2D eigenvalue weighted by atomic mass is 10.1. The molecule has 1 fully saturated rings. The van der Waals surface area contributed by atoms with Gasteiger partial charge in [-0.25, -0.2) is 12.7 Å². The van der Waals surface area contributed by atoms with Crippen LogP contribution in [0.5, 0.6) is 0 Å². The van der Waals surface area contributed by atoms with E-state index in [9.17, 15) is 8.42 Å². The van der Waals surface area contributed by atoms with E-state index in [2.05, 4.69) is 22.5 Å². The predicted molar refractivity (Wildman–Crippen MR) is 112 cm³/mol. The summed E-state index contributed by atoms with van der Waals surface area (Å²) in [5, 5.41) is 6.62. The van der Waals surface area contributed by atoms with E-state index in [1.165, 1.54) is 29.2 Å². The van der Waals surface area contributed by atoms with Crippen LogP contribution < -0.4 is 10.6 Å². The van der Waals surface area contributed by atoms with Gasteiger partial charge in [0.25, 0.3) is 0 Å². The molecule has 0 amide bonds. The van der Waals surface area contributed by atoms with Gasteiger partial charge >= 0.3 is 0 Å². The van der Waals surface area contributed by atoms with E-state index < -0.39 is 10.0 Å². The average Bonchev–Trinajstić information content (AvgIpc) is 2.88. The molecule has 1 saturated heterocycles. The van der Waals surface area contributed by atoms with Crippen LogP contribution in [0.4, 0.5) is 0 Å². The molecule has 0 spiro atoms. The van der Waals surface area contributed by atoms with Crippen molar-refractivity contribution in [1.29, 1.82) is 0 Å². The van der Waals surface area contributed by atoms with E-state index in [-0.39, 0.29) is 24.0 Å². The largest absolute Gasteiger partial charge is 0.356 e. The quantitative estimate of drug-likeness (QED) is 0.241. The fraction of sp³-hybridized carbons (Fsp3) is 0.929. The Balaban J connectivity index is 0.00000484. The van der Waals surface area contributed by atoms with Gasteiger partial charge in [0, 0.05) is 38.0 Å². The van der Waals surface area contributed by atoms with Crippen LogP contribution in [-0.2, 0) is 10.0 Å². The number of aliphatic imine (C=N–C) groups is 1. The number of nitrogens with zero attached hydrogens (tertiary/aromatic N) is 2. The first-order valence-corrected chi connectivity index (χ1v) is 10.7. The molecule has 0 saturated carbocycles. The minimum absolute atomic E-state index is 0. The predicted octanol–water partition coefficient (Wildman–Crippen LogP) is 1.73. The molecule has 6 nitrogen and oxygen atoms in total. The fourth-order valence-corrected chi connectivity index (χ4v) is 4.66. The second kappa shape index (κ2) is 11.0. The number of hydrogen-bond donors (Lipinski definition) is 2. The summed E-state index contributed by atoms with van der Waals surface area (Å²) in [5.41, 5.74) is 0. The molecule has 0 aromatic rings. The van der Waals surface area contributed by atoms with E-state index in [1.807, 2.05) is 18.7 Å². The number of hydrogen-bond acceptors (Lipinski definition) is 4. The Morgan fingerprint density at radius 3 is 2.57 bits per heavy atom. The van der Waals surface area contributed by atoms with Crippen molar-refractivity contribution in [3.63, 3.8) is 0 Å². The van der Waals surface area contributed by atoms with Gasteiger partial charge in [-0.05, 0) is 31.9 Å². The Labute approximate surface area is 162 Å². The first-order chi connectivity index (χ1) is 10.3. The van der Waals surface area contributed by atoms with E-state index in [4.69, 9.17) is 0 Å². The smallest absolute Gasteiger partial charge is 0.211 e. The van der Waals surface area contributed by atoms with Crippen LogP contribution in [0.3, 0.4) is 0 Å². The third-order valence-corrected chi connectivity index (χ3v) is 6.77. The SMILES string of the molecule is CCN(CCCNC(=NC)NCC1(C)CCCS1)S(C)(=O)=O.I. The highest BCUT2D eigenvalue weighted by molar-refractivity contribution is 14.0. The van der Waals surface area contributed by atoms with Crippen LogP contribution in [0.15, 0.2) is 4.99 Å². The molecule has 1 aliphatic rings. The standard InChI is InChI=1S/C14H30N4O2S2.HI/c1-5-18(22(4,19)20)10-7-9-16-13(15-3)17-12-14(2)8-6-11-21-14;/h5-12H2,1-4H3,(H2,15,16,17);1H. The molecule has 1 atom stereocenters. The first-order valence-electron chi connectivity index (χ1n) is 7.84. The lowest BCUT2D eigenvalue weighted by molar-refractivity contribution is 0.424. The molecule has 0 aliphatic carbocycles. The van der Waals surface area contributed by atoms with Crippen molar-refractivity contribution >= 4 is 51.7 Å². The van der Waals surface area contributed by atoms with Gasteiger partial charge in [-0.3, -0.25) is 4.99 Å². The van der Waals surface area contributed by atoms with Crippen molar-refractivity contribution in [1.82, 2.24) is 14.9 Å². The summed E-state index contributed by atoms with van der Waals surface area (Å²) in [6.45, 7) is 6.80. The van der Waals surface area contributed by atoms with Gasteiger partial charge in [0.15, 0.2) is 5.96 Å². The molecule has 1 heterocycles. The van der Waals surface area contributed by atoms with Gasteiger partial charge in [0.2, 0.25) is 10.0 Å². The van der Waals surface area contributed by atoms with E-state index in [1.54, 1.807) is 7.05 Å². The molecule has 0 aromatic carbocycles. The summed E-state index contributed by atoms with van der Waals surface area (Å²) < 4.78 is 24.8. The minimum Gasteiger partial charge on any atom is -0.356 e. The van der Waals surface area contributed by atoms with Crippen molar-refractivity contribution in [2.24, 2.45) is 4.99 Å². The second-order valence-corrected chi connectivity index (χ2v) is 9.53. The van der Waals surface area contributed by atoms with Gasteiger partial charge in [0.05, 0.1) is 6.26 Å². The summed E-state index contributed by atoms with van der Waals surface area (Å²) in [6.07, 6.45) is 4.53. The highest BCUT2D eigenvalue weighted by Crippen LogP contribution is 2.36. The summed E-state index contributed by atoms with van der Waals surface area (Å²) in [7, 11) is -1.34. The summed E-state index contributed by atoms with van der Waals surface area (Å²) in [4.78, 5) is 4.22. The third-order valence-electron chi connectivity index (χ3n) is 3.85. The molecule has 1 rings (SSSR count). The highest BCUT2D eigenvalue weighted by atomic mass is 127. The Morgan fingerprint density at radius 2 is 2.09 bits per heavy atom. The van der Waals surface area contributed by atoms with E-state index in [0.717, 1.165) is 18.9 Å². The second-order valence-electron chi connectivity index (χ2n) is 5.86. The van der Waals surface area contributed by atoms with Gasteiger partial charge < -0.3 is 10.6 Å². The molecule has 0 bridgehead atoms. The number of halogens is 1. The molecule has 1 unspecified atom stereocenters. The number of rotatable bonds is 8. The van der Waals surface area contributed by atoms with Gasteiger partial charge in [-0.2, -0.15) is 11.8 Å². The maximum atomic E-state index is 11.5. The molecule has 0 aromatic heterocycles. The minimum atomic E-state index is -3.09. The Kier molecular flexibility index (Phi) is 11.1. The maximum absolute atomic E-state index is 11.5. The van der Waals surface area contributed by atoms with Crippen LogP contribution in [0, 0.1) is 0 Å². The normalized spacial score (nSPS) is 22.0. The Morgan fingerprint density at radius 1 is 1.39 bits per heavy atom. The van der Waals surface area contributed by atoms with Crippen LogP contribution >= 0.6 is 35.7 Å². The molecular weight excluding hydrogens is 447 g/mol. The van der Waals surface area contributed by atoms with Crippen molar-refractivity contribution in [3.05, 3.63) is 0 Å². The zero-order valence-corrected chi connectivity index (χ0v) is 18.6. The zero-order valence-electron chi connectivity index (χ0n) is 14.6. The monoisotopic (exact) mass is 478 g/mol. The molecule has 2 N–H and O–H groups in total. The molecular formula is C14H31IN4O2S2. The van der Waals surface area contributed by atoms with Crippen molar-refractivity contribution in [3.8, 4) is 0 Å². The third kappa shape index (κ3) is 8.78. The van der Waals surface area contributed by atoms with Crippen molar-refractivity contribution < 1.29 is 8.42 Å². The van der Waals surface area contributed by atoms with Gasteiger partial charge in [-0.1, -0.05) is 6.92 Å². The van der Waals surface area contributed by atoms with E-state index >= 15 is 0 Å². The Hall–Kier alpha value is 0.260. The fourth-order valence-electron chi connectivity index (χ4n) is 2.49. The highest BCUT2D eigenvalue weighted by Gasteiger charge is 2.29. The lowest BCUT2D eigenvalue weighted by Crippen LogP contribution is -2.44. The maximum Gasteiger partial charge on any atom is 0.211 e. The van der Waals surface area contributed by atoms with Crippen LogP contribution in [-0.4, -0.2) is 68.7 Å². The zero-order chi connectivity index (χ0) is 16.6. The molecule has 23 heavy (non-hydrogen) atoms. The number of thioether (sulfide) groups is 1. The van der Waals surface area contributed by atoms with Crippen molar-refractivity contribution in [2.45, 2.75) is 37.9 Å². The average molecular weight is 478 g/mol. The number of nitrogens with one attached hydrogen (secondary N) is 2. The van der Waals surface area contributed by atoms with E-state index in [0.29, 0.717) is 24.4 Å². The van der Waals surface area contributed by atoms with Crippen molar-refractivity contribution in [2.75, 3.05) is 45.2 Å². The van der Waals surface area contributed by atoms with Crippen LogP contribution in [0.25, 0.3) is 0 Å². The number of guanidine groups is 1. The summed E-state index contributed by atoms with van der Waals surface area (Å²) in [6, 6.07) is 0.